The highest BCUT2D eigenvalue weighted by atomic mass is 16.3. The van der Waals surface area contributed by atoms with Crippen molar-refractivity contribution in [3.63, 3.8) is 0 Å². The summed E-state index contributed by atoms with van der Waals surface area (Å²) < 4.78 is 5.94. The molecule has 1 saturated carbocycles. The first kappa shape index (κ1) is 11.3. The molecule has 3 rings (SSSR count). The van der Waals surface area contributed by atoms with Gasteiger partial charge in [-0.05, 0) is 49.9 Å². The molecule has 2 N–H and O–H groups in total. The van der Waals surface area contributed by atoms with Crippen LogP contribution in [0.1, 0.15) is 37.2 Å². The molecule has 0 radical (unpaired) electrons. The lowest BCUT2D eigenvalue weighted by atomic mass is 10.1. The van der Waals surface area contributed by atoms with Gasteiger partial charge in [0, 0.05) is 12.5 Å². The van der Waals surface area contributed by atoms with Gasteiger partial charge in [-0.1, -0.05) is 6.92 Å². The molecule has 0 bridgehead atoms. The fraction of sp³-hybridized carbons (Fsp3) is 0.714. The Labute approximate surface area is 103 Å². The fourth-order valence-corrected chi connectivity index (χ4v) is 2.87. The molecule has 1 saturated heterocycles. The molecule has 1 aromatic heterocycles. The molecule has 0 amide bonds. The van der Waals surface area contributed by atoms with Crippen molar-refractivity contribution < 1.29 is 4.42 Å². The van der Waals surface area contributed by atoms with E-state index in [2.05, 4.69) is 24.0 Å². The van der Waals surface area contributed by atoms with Crippen molar-refractivity contribution in [2.24, 2.45) is 17.6 Å². The van der Waals surface area contributed by atoms with Gasteiger partial charge in [-0.2, -0.15) is 0 Å². The zero-order valence-electron chi connectivity index (χ0n) is 10.6. The summed E-state index contributed by atoms with van der Waals surface area (Å²) in [6.45, 7) is 6.36. The molecule has 2 heterocycles. The molecule has 0 spiro atoms. The van der Waals surface area contributed by atoms with Crippen molar-refractivity contribution in [2.75, 3.05) is 19.6 Å². The predicted molar refractivity (Wildman–Crippen MR) is 67.7 cm³/mol. The van der Waals surface area contributed by atoms with Gasteiger partial charge in [-0.25, -0.2) is 0 Å². The van der Waals surface area contributed by atoms with E-state index in [4.69, 9.17) is 10.2 Å². The average Bonchev–Trinajstić information content (AvgIpc) is 2.79. The van der Waals surface area contributed by atoms with Crippen LogP contribution in [0, 0.1) is 11.8 Å². The van der Waals surface area contributed by atoms with Gasteiger partial charge < -0.3 is 10.2 Å². The van der Waals surface area contributed by atoms with E-state index in [0.717, 1.165) is 37.9 Å². The van der Waals surface area contributed by atoms with Crippen LogP contribution in [0.5, 0.6) is 0 Å². The fourth-order valence-electron chi connectivity index (χ4n) is 2.87. The molecule has 2 aliphatic rings. The van der Waals surface area contributed by atoms with Crippen LogP contribution in [0.3, 0.4) is 0 Å². The van der Waals surface area contributed by atoms with Crippen molar-refractivity contribution in [1.82, 2.24) is 4.90 Å². The first-order valence-corrected chi connectivity index (χ1v) is 6.77. The molecule has 1 aromatic rings. The monoisotopic (exact) mass is 234 g/mol. The topological polar surface area (TPSA) is 42.4 Å². The van der Waals surface area contributed by atoms with Gasteiger partial charge in [0.05, 0.1) is 6.54 Å². The van der Waals surface area contributed by atoms with E-state index in [0.29, 0.717) is 11.8 Å². The summed E-state index contributed by atoms with van der Waals surface area (Å²) in [5.41, 5.74) is 5.71. The number of hydrogen-bond acceptors (Lipinski definition) is 3. The van der Waals surface area contributed by atoms with Crippen LogP contribution in [-0.2, 0) is 6.54 Å². The standard InChI is InChI=1S/C14H22N2O/c1-10-6-13(10)14-3-2-12(17-14)9-16-5-4-11(7-15)8-16/h2-3,10-11,13H,4-9,15H2,1H3. The Morgan fingerprint density at radius 2 is 2.29 bits per heavy atom. The van der Waals surface area contributed by atoms with Crippen molar-refractivity contribution in [2.45, 2.75) is 32.2 Å². The van der Waals surface area contributed by atoms with E-state index in [9.17, 15) is 0 Å². The summed E-state index contributed by atoms with van der Waals surface area (Å²) in [4.78, 5) is 2.45. The molecule has 1 aliphatic heterocycles. The number of rotatable bonds is 4. The molecular formula is C14H22N2O. The number of furan rings is 1. The maximum Gasteiger partial charge on any atom is 0.118 e. The summed E-state index contributed by atoms with van der Waals surface area (Å²) in [7, 11) is 0. The molecule has 3 unspecified atom stereocenters. The highest BCUT2D eigenvalue weighted by Crippen LogP contribution is 2.47. The van der Waals surface area contributed by atoms with Gasteiger partial charge in [-0.3, -0.25) is 4.90 Å². The van der Waals surface area contributed by atoms with E-state index in [1.165, 1.54) is 18.6 Å². The number of hydrogen-bond donors (Lipinski definition) is 1. The number of likely N-dealkylation sites (tertiary alicyclic amines) is 1. The van der Waals surface area contributed by atoms with Crippen molar-refractivity contribution in [1.29, 1.82) is 0 Å². The number of nitrogens with two attached hydrogens (primary N) is 1. The predicted octanol–water partition coefficient (Wildman–Crippen LogP) is 2.18. The molecule has 17 heavy (non-hydrogen) atoms. The average molecular weight is 234 g/mol. The van der Waals surface area contributed by atoms with E-state index in [-0.39, 0.29) is 0 Å². The highest BCUT2D eigenvalue weighted by molar-refractivity contribution is 5.17. The maximum atomic E-state index is 5.94. The van der Waals surface area contributed by atoms with E-state index in [1.54, 1.807) is 0 Å². The summed E-state index contributed by atoms with van der Waals surface area (Å²) in [5.74, 6) is 4.52. The molecule has 3 atom stereocenters. The Morgan fingerprint density at radius 1 is 1.47 bits per heavy atom. The minimum absolute atomic E-state index is 0.688. The third kappa shape index (κ3) is 2.40. The van der Waals surface area contributed by atoms with Crippen LogP contribution >= 0.6 is 0 Å². The zero-order valence-corrected chi connectivity index (χ0v) is 10.6. The maximum absolute atomic E-state index is 5.94. The Morgan fingerprint density at radius 3 is 2.94 bits per heavy atom. The van der Waals surface area contributed by atoms with Crippen molar-refractivity contribution >= 4 is 0 Å². The quantitative estimate of drug-likeness (QED) is 0.868. The molecule has 0 aromatic carbocycles. The van der Waals surface area contributed by atoms with Crippen LogP contribution < -0.4 is 5.73 Å². The molecule has 3 heteroatoms. The van der Waals surface area contributed by atoms with Gasteiger partial charge in [0.15, 0.2) is 0 Å². The molecule has 2 fully saturated rings. The molecule has 94 valence electrons. The smallest absolute Gasteiger partial charge is 0.118 e. The summed E-state index contributed by atoms with van der Waals surface area (Å²) in [5, 5.41) is 0. The normalized spacial score (nSPS) is 33.2. The van der Waals surface area contributed by atoms with Gasteiger partial charge in [0.1, 0.15) is 11.5 Å². The van der Waals surface area contributed by atoms with Crippen LogP contribution in [0.25, 0.3) is 0 Å². The van der Waals surface area contributed by atoms with Gasteiger partial charge in [0.25, 0.3) is 0 Å². The zero-order chi connectivity index (χ0) is 11.8. The second-order valence-electron chi connectivity index (χ2n) is 5.75. The lowest BCUT2D eigenvalue weighted by Crippen LogP contribution is -2.22. The van der Waals surface area contributed by atoms with E-state index < -0.39 is 0 Å². The Balaban J connectivity index is 1.56. The minimum Gasteiger partial charge on any atom is -0.464 e. The van der Waals surface area contributed by atoms with Gasteiger partial charge >= 0.3 is 0 Å². The Bertz CT molecular complexity index is 387. The van der Waals surface area contributed by atoms with Crippen LogP contribution in [0.4, 0.5) is 0 Å². The minimum atomic E-state index is 0.688. The summed E-state index contributed by atoms with van der Waals surface area (Å²) in [6.07, 6.45) is 2.54. The summed E-state index contributed by atoms with van der Waals surface area (Å²) >= 11 is 0. The van der Waals surface area contributed by atoms with Crippen LogP contribution in [0.2, 0.25) is 0 Å². The first-order valence-electron chi connectivity index (χ1n) is 6.77. The Hall–Kier alpha value is -0.800. The van der Waals surface area contributed by atoms with E-state index in [1.807, 2.05) is 0 Å². The molecule has 3 nitrogen and oxygen atoms in total. The van der Waals surface area contributed by atoms with Crippen molar-refractivity contribution in [3.05, 3.63) is 23.7 Å². The second kappa shape index (κ2) is 4.46. The lowest BCUT2D eigenvalue weighted by molar-refractivity contribution is 0.283. The van der Waals surface area contributed by atoms with Crippen LogP contribution in [0.15, 0.2) is 16.5 Å². The van der Waals surface area contributed by atoms with Crippen LogP contribution in [-0.4, -0.2) is 24.5 Å². The van der Waals surface area contributed by atoms with Gasteiger partial charge in [-0.15, -0.1) is 0 Å². The number of nitrogens with zero attached hydrogens (tertiary/aromatic N) is 1. The first-order chi connectivity index (χ1) is 8.26. The third-order valence-corrected chi connectivity index (χ3v) is 4.24. The highest BCUT2D eigenvalue weighted by Gasteiger charge is 2.36. The second-order valence-corrected chi connectivity index (χ2v) is 5.75. The molecule has 1 aliphatic carbocycles. The SMILES string of the molecule is CC1CC1c1ccc(CN2CCC(CN)C2)o1. The lowest BCUT2D eigenvalue weighted by Gasteiger charge is -2.13. The van der Waals surface area contributed by atoms with E-state index >= 15 is 0 Å². The van der Waals surface area contributed by atoms with Crippen molar-refractivity contribution in [3.8, 4) is 0 Å². The Kier molecular flexibility index (Phi) is 2.97. The third-order valence-electron chi connectivity index (χ3n) is 4.24. The molecular weight excluding hydrogens is 212 g/mol. The largest absolute Gasteiger partial charge is 0.464 e. The van der Waals surface area contributed by atoms with Gasteiger partial charge in [0.2, 0.25) is 0 Å². The summed E-state index contributed by atoms with van der Waals surface area (Å²) in [6, 6.07) is 4.32.